The molecule has 1 atom stereocenters. The quantitative estimate of drug-likeness (QED) is 0.862. The van der Waals surface area contributed by atoms with Gasteiger partial charge in [-0.25, -0.2) is 0 Å². The third kappa shape index (κ3) is 3.76. The average molecular weight is 336 g/mol. The normalized spacial score (nSPS) is 33.8. The molecule has 1 aliphatic heterocycles. The highest BCUT2D eigenvalue weighted by molar-refractivity contribution is 5.89. The van der Waals surface area contributed by atoms with Gasteiger partial charge in [-0.05, 0) is 49.9 Å². The number of nitrogens with one attached hydrogen (secondary N) is 1. The molecule has 2 saturated carbocycles. The van der Waals surface area contributed by atoms with Crippen LogP contribution in [-0.2, 0) is 14.3 Å². The molecule has 2 amide bonds. The molecule has 136 valence electrons. The summed E-state index contributed by atoms with van der Waals surface area (Å²) in [5.41, 5.74) is -0.652. The number of rotatable bonds is 3. The smallest absolute Gasteiger partial charge is 0.245 e. The number of ether oxygens (including phenoxy) is 1. The number of carbonyl (C=O) groups is 2. The lowest BCUT2D eigenvalue weighted by atomic mass is 9.82. The van der Waals surface area contributed by atoms with Crippen molar-refractivity contribution in [2.24, 2.45) is 11.3 Å². The average Bonchev–Trinajstić information content (AvgIpc) is 3.20. The lowest BCUT2D eigenvalue weighted by molar-refractivity contribution is -0.163. The molecule has 1 spiro atoms. The molecule has 1 saturated heterocycles. The van der Waals surface area contributed by atoms with Crippen LogP contribution >= 0.6 is 0 Å². The highest BCUT2D eigenvalue weighted by Crippen LogP contribution is 2.43. The molecule has 5 nitrogen and oxygen atoms in total. The Labute approximate surface area is 145 Å². The van der Waals surface area contributed by atoms with E-state index in [0.717, 1.165) is 38.5 Å². The molecular formula is C19H32N2O3. The van der Waals surface area contributed by atoms with Gasteiger partial charge in [-0.3, -0.25) is 14.5 Å². The monoisotopic (exact) mass is 336 g/mol. The van der Waals surface area contributed by atoms with Crippen molar-refractivity contribution < 1.29 is 14.3 Å². The Balaban J connectivity index is 1.80. The van der Waals surface area contributed by atoms with Gasteiger partial charge in [0.15, 0.2) is 0 Å². The maximum Gasteiger partial charge on any atom is 0.245 e. The summed E-state index contributed by atoms with van der Waals surface area (Å²) in [7, 11) is 0. The van der Waals surface area contributed by atoms with Gasteiger partial charge < -0.3 is 10.1 Å². The molecule has 2 aliphatic carbocycles. The minimum atomic E-state index is -0.555. The molecule has 0 aromatic heterocycles. The maximum absolute atomic E-state index is 13.1. The van der Waals surface area contributed by atoms with Crippen molar-refractivity contribution in [3.05, 3.63) is 0 Å². The summed E-state index contributed by atoms with van der Waals surface area (Å²) in [4.78, 5) is 27.6. The van der Waals surface area contributed by atoms with E-state index in [1.165, 1.54) is 0 Å². The first-order valence-electron chi connectivity index (χ1n) is 9.47. The van der Waals surface area contributed by atoms with Crippen LogP contribution in [0.2, 0.25) is 0 Å². The number of hydrogen-bond donors (Lipinski definition) is 1. The summed E-state index contributed by atoms with van der Waals surface area (Å²) >= 11 is 0. The number of hydrogen-bond acceptors (Lipinski definition) is 3. The van der Waals surface area contributed by atoms with Gasteiger partial charge >= 0.3 is 0 Å². The van der Waals surface area contributed by atoms with E-state index in [-0.39, 0.29) is 17.2 Å². The van der Waals surface area contributed by atoms with Crippen LogP contribution in [0.4, 0.5) is 0 Å². The second-order valence-electron chi connectivity index (χ2n) is 9.24. The Morgan fingerprint density at radius 3 is 2.33 bits per heavy atom. The molecule has 0 aromatic carbocycles. The fraction of sp³-hybridized carbons (Fsp3) is 0.895. The van der Waals surface area contributed by atoms with E-state index in [2.05, 4.69) is 33.0 Å². The van der Waals surface area contributed by atoms with E-state index in [1.807, 2.05) is 4.90 Å². The van der Waals surface area contributed by atoms with Gasteiger partial charge in [-0.2, -0.15) is 0 Å². The number of carbonyl (C=O) groups excluding carboxylic acids is 2. The molecule has 1 heterocycles. The molecule has 0 radical (unpaired) electrons. The first-order valence-corrected chi connectivity index (χ1v) is 9.47. The third-order valence-electron chi connectivity index (χ3n) is 5.49. The van der Waals surface area contributed by atoms with Gasteiger partial charge in [-0.15, -0.1) is 0 Å². The zero-order valence-electron chi connectivity index (χ0n) is 15.6. The minimum absolute atomic E-state index is 0.0322. The van der Waals surface area contributed by atoms with Gasteiger partial charge in [0.25, 0.3) is 0 Å². The predicted octanol–water partition coefficient (Wildman–Crippen LogP) is 2.84. The molecule has 3 fully saturated rings. The highest BCUT2D eigenvalue weighted by atomic mass is 16.5. The summed E-state index contributed by atoms with van der Waals surface area (Å²) < 4.78 is 6.16. The zero-order valence-corrected chi connectivity index (χ0v) is 15.6. The Morgan fingerprint density at radius 1 is 1.17 bits per heavy atom. The van der Waals surface area contributed by atoms with Crippen LogP contribution < -0.4 is 5.32 Å². The maximum atomic E-state index is 13.1. The fourth-order valence-electron chi connectivity index (χ4n) is 3.92. The second-order valence-corrected chi connectivity index (χ2v) is 9.24. The molecule has 0 bridgehead atoms. The highest BCUT2D eigenvalue weighted by Gasteiger charge is 2.53. The van der Waals surface area contributed by atoms with Gasteiger partial charge in [0.05, 0.1) is 6.61 Å². The summed E-state index contributed by atoms with van der Waals surface area (Å²) in [5, 5.41) is 3.06. The van der Waals surface area contributed by atoms with Crippen molar-refractivity contribution in [2.75, 3.05) is 6.61 Å². The van der Waals surface area contributed by atoms with E-state index in [9.17, 15) is 9.59 Å². The van der Waals surface area contributed by atoms with E-state index in [0.29, 0.717) is 25.0 Å². The molecular weight excluding hydrogens is 304 g/mol. The number of nitrogens with zero attached hydrogens (tertiary/aromatic N) is 1. The SMILES string of the molecule is CC1CCC2(CC1)OC[C@@H](C(=O)NC1CC1)N2C(=O)CC(C)(C)C. The van der Waals surface area contributed by atoms with E-state index in [1.54, 1.807) is 0 Å². The van der Waals surface area contributed by atoms with Gasteiger partial charge in [0.2, 0.25) is 11.8 Å². The molecule has 0 unspecified atom stereocenters. The first kappa shape index (κ1) is 17.7. The van der Waals surface area contributed by atoms with E-state index < -0.39 is 11.8 Å². The minimum Gasteiger partial charge on any atom is -0.353 e. The van der Waals surface area contributed by atoms with Crippen LogP contribution in [0.3, 0.4) is 0 Å². The van der Waals surface area contributed by atoms with Crippen LogP contribution in [0.25, 0.3) is 0 Å². The Bertz CT molecular complexity index is 499. The largest absolute Gasteiger partial charge is 0.353 e. The van der Waals surface area contributed by atoms with Crippen molar-refractivity contribution in [1.29, 1.82) is 0 Å². The van der Waals surface area contributed by atoms with Crippen LogP contribution in [0.1, 0.15) is 72.6 Å². The van der Waals surface area contributed by atoms with Crippen LogP contribution in [-0.4, -0.2) is 41.1 Å². The molecule has 1 N–H and O–H groups in total. The Morgan fingerprint density at radius 2 is 1.79 bits per heavy atom. The van der Waals surface area contributed by atoms with Gasteiger partial charge in [0.1, 0.15) is 11.8 Å². The van der Waals surface area contributed by atoms with Crippen molar-refractivity contribution >= 4 is 11.8 Å². The topological polar surface area (TPSA) is 58.6 Å². The van der Waals surface area contributed by atoms with Gasteiger partial charge in [-0.1, -0.05) is 27.7 Å². The standard InChI is InChI=1S/C19H32N2O3/c1-13-7-9-19(10-8-13)21(16(22)11-18(2,3)4)15(12-24-19)17(23)20-14-5-6-14/h13-15H,5-12H2,1-4H3,(H,20,23)/t13?,15-,19?/m0/s1. The summed E-state index contributed by atoms with van der Waals surface area (Å²) in [5.74, 6) is 0.693. The Kier molecular flexibility index (Phi) is 4.67. The third-order valence-corrected chi connectivity index (χ3v) is 5.49. The molecule has 0 aromatic rings. The summed E-state index contributed by atoms with van der Waals surface area (Å²) in [6.45, 7) is 8.79. The van der Waals surface area contributed by atoms with Crippen LogP contribution in [0.15, 0.2) is 0 Å². The van der Waals surface area contributed by atoms with Gasteiger partial charge in [0, 0.05) is 12.5 Å². The van der Waals surface area contributed by atoms with Crippen molar-refractivity contribution in [3.8, 4) is 0 Å². The number of amides is 2. The second kappa shape index (κ2) is 6.32. The van der Waals surface area contributed by atoms with E-state index in [4.69, 9.17) is 4.74 Å². The summed E-state index contributed by atoms with van der Waals surface area (Å²) in [6, 6.07) is -0.158. The fourth-order valence-corrected chi connectivity index (χ4v) is 3.92. The zero-order chi connectivity index (χ0) is 17.5. The van der Waals surface area contributed by atoms with Crippen molar-refractivity contribution in [2.45, 2.75) is 90.4 Å². The first-order chi connectivity index (χ1) is 11.2. The molecule has 24 heavy (non-hydrogen) atoms. The lowest BCUT2D eigenvalue weighted by Crippen LogP contribution is -2.57. The van der Waals surface area contributed by atoms with Crippen molar-refractivity contribution in [1.82, 2.24) is 10.2 Å². The van der Waals surface area contributed by atoms with Crippen LogP contribution in [0.5, 0.6) is 0 Å². The molecule has 3 rings (SSSR count). The lowest BCUT2D eigenvalue weighted by Gasteiger charge is -2.43. The Hall–Kier alpha value is -1.10. The summed E-state index contributed by atoms with van der Waals surface area (Å²) in [6.07, 6.45) is 6.34. The van der Waals surface area contributed by atoms with E-state index >= 15 is 0 Å². The molecule has 3 aliphatic rings. The molecule has 5 heteroatoms. The van der Waals surface area contributed by atoms with Crippen LogP contribution in [0, 0.1) is 11.3 Å². The van der Waals surface area contributed by atoms with Crippen molar-refractivity contribution in [3.63, 3.8) is 0 Å². The predicted molar refractivity (Wildman–Crippen MR) is 92.2 cm³/mol.